The molecule has 0 N–H and O–H groups in total. The van der Waals surface area contributed by atoms with Gasteiger partial charge in [0.25, 0.3) is 0 Å². The van der Waals surface area contributed by atoms with Crippen molar-refractivity contribution in [2.24, 2.45) is 0 Å². The Hall–Kier alpha value is -1.36. The average Bonchev–Trinajstić information content (AvgIpc) is 2.60. The lowest BCUT2D eigenvalue weighted by atomic mass is 9.93. The summed E-state index contributed by atoms with van der Waals surface area (Å²) in [6.45, 7) is 0. The molecule has 1 aromatic rings. The molecule has 21 heavy (non-hydrogen) atoms. The molecule has 2 bridgehead atoms. The number of rotatable bonds is 2. The van der Waals surface area contributed by atoms with E-state index in [4.69, 9.17) is 0 Å². The van der Waals surface area contributed by atoms with Crippen LogP contribution in [0.25, 0.3) is 0 Å². The van der Waals surface area contributed by atoms with Gasteiger partial charge in [-0.25, -0.2) is 4.39 Å². The number of nitrogens with zero attached hydrogens (tertiary/aromatic N) is 1. The van der Waals surface area contributed by atoms with Crippen LogP contribution in [-0.2, 0) is 12.6 Å². The van der Waals surface area contributed by atoms with E-state index in [9.17, 15) is 17.6 Å². The molecule has 0 amide bonds. The highest BCUT2D eigenvalue weighted by Gasteiger charge is 2.36. The van der Waals surface area contributed by atoms with E-state index in [-0.39, 0.29) is 12.0 Å². The number of halogens is 4. The van der Waals surface area contributed by atoms with E-state index < -0.39 is 17.6 Å². The van der Waals surface area contributed by atoms with Crippen molar-refractivity contribution in [2.45, 2.75) is 43.9 Å². The predicted octanol–water partition coefficient (Wildman–Crippen LogP) is 4.18. The normalized spacial score (nSPS) is 26.0. The molecule has 0 aliphatic carbocycles. The number of fused-ring (bicyclic) bond motifs is 2. The number of alkyl halides is 3. The van der Waals surface area contributed by atoms with Gasteiger partial charge in [-0.1, -0.05) is 11.6 Å². The third-order valence-corrected chi connectivity index (χ3v) is 4.61. The number of benzene rings is 1. The third kappa shape index (κ3) is 2.84. The first kappa shape index (κ1) is 14.6. The molecule has 1 saturated heterocycles. The largest absolute Gasteiger partial charge is 0.416 e. The second-order valence-corrected chi connectivity index (χ2v) is 5.97. The molecule has 2 unspecified atom stereocenters. The van der Waals surface area contributed by atoms with Gasteiger partial charge >= 0.3 is 6.18 Å². The fourth-order valence-corrected chi connectivity index (χ4v) is 3.49. The van der Waals surface area contributed by atoms with Crippen molar-refractivity contribution < 1.29 is 17.6 Å². The topological polar surface area (TPSA) is 3.24 Å². The van der Waals surface area contributed by atoms with Gasteiger partial charge in [-0.2, -0.15) is 13.2 Å². The van der Waals surface area contributed by atoms with E-state index in [0.717, 1.165) is 43.0 Å². The Balaban J connectivity index is 1.89. The Labute approximate surface area is 121 Å². The van der Waals surface area contributed by atoms with Gasteiger partial charge in [0, 0.05) is 12.1 Å². The maximum atomic E-state index is 13.3. The summed E-state index contributed by atoms with van der Waals surface area (Å²) in [5.41, 5.74) is 0.311. The molecule has 2 aliphatic rings. The minimum absolute atomic E-state index is 0.0395. The van der Waals surface area contributed by atoms with Crippen LogP contribution in [0.15, 0.2) is 29.8 Å². The van der Waals surface area contributed by atoms with Gasteiger partial charge in [0.2, 0.25) is 0 Å². The molecule has 2 atom stereocenters. The summed E-state index contributed by atoms with van der Waals surface area (Å²) in [6.07, 6.45) is 0.729. The molecule has 0 spiro atoms. The molecule has 0 radical (unpaired) electrons. The van der Waals surface area contributed by atoms with Crippen LogP contribution in [0.1, 0.15) is 30.4 Å². The summed E-state index contributed by atoms with van der Waals surface area (Å²) in [7, 11) is 2.05. The summed E-state index contributed by atoms with van der Waals surface area (Å²) in [4.78, 5) is 2.28. The fraction of sp³-hybridized carbons (Fsp3) is 0.500. The molecule has 3 rings (SSSR count). The van der Waals surface area contributed by atoms with E-state index in [0.29, 0.717) is 12.1 Å². The first-order valence-electron chi connectivity index (χ1n) is 7.11. The van der Waals surface area contributed by atoms with Crippen molar-refractivity contribution in [3.63, 3.8) is 0 Å². The lowest BCUT2D eigenvalue weighted by molar-refractivity contribution is -0.138. The lowest BCUT2D eigenvalue weighted by Gasteiger charge is -2.30. The van der Waals surface area contributed by atoms with Crippen LogP contribution in [0, 0.1) is 5.82 Å². The minimum atomic E-state index is -4.44. The highest BCUT2D eigenvalue weighted by Crippen LogP contribution is 2.37. The second-order valence-electron chi connectivity index (χ2n) is 5.97. The summed E-state index contributed by atoms with van der Waals surface area (Å²) in [6, 6.07) is 3.47. The van der Waals surface area contributed by atoms with Crippen LogP contribution >= 0.6 is 0 Å². The second kappa shape index (κ2) is 5.13. The van der Waals surface area contributed by atoms with Crippen molar-refractivity contribution in [3.8, 4) is 0 Å². The summed E-state index contributed by atoms with van der Waals surface area (Å²) in [5.74, 6) is -0.616. The standard InChI is InChI=1S/C16H17F4N/c1-21-13-3-4-14(21)8-10(7-13)6-11-9-12(17)2-5-15(11)16(18,19)20/h2,5,7,9,13-14H,3-4,6,8H2,1H3. The molecular formula is C16H17F4N. The Morgan fingerprint density at radius 2 is 2.00 bits per heavy atom. The van der Waals surface area contributed by atoms with Crippen LogP contribution in [0.3, 0.4) is 0 Å². The average molecular weight is 299 g/mol. The van der Waals surface area contributed by atoms with Crippen molar-refractivity contribution in [3.05, 3.63) is 46.8 Å². The zero-order valence-electron chi connectivity index (χ0n) is 11.8. The zero-order valence-corrected chi connectivity index (χ0v) is 11.8. The SMILES string of the molecule is CN1C2C=C(Cc3cc(F)ccc3C(F)(F)F)CC1CC2. The monoisotopic (exact) mass is 299 g/mol. The Morgan fingerprint density at radius 1 is 1.24 bits per heavy atom. The van der Waals surface area contributed by atoms with Crippen LogP contribution in [0.4, 0.5) is 17.6 Å². The molecule has 1 fully saturated rings. The lowest BCUT2D eigenvalue weighted by Crippen LogP contribution is -2.35. The van der Waals surface area contributed by atoms with E-state index >= 15 is 0 Å². The van der Waals surface area contributed by atoms with Crippen molar-refractivity contribution in [1.29, 1.82) is 0 Å². The molecule has 114 valence electrons. The molecule has 2 aliphatic heterocycles. The fourth-order valence-electron chi connectivity index (χ4n) is 3.49. The molecule has 2 heterocycles. The van der Waals surface area contributed by atoms with E-state index in [1.165, 1.54) is 0 Å². The molecule has 5 heteroatoms. The smallest absolute Gasteiger partial charge is 0.297 e. The number of likely N-dealkylation sites (N-methyl/N-ethyl adjacent to an activating group) is 1. The summed E-state index contributed by atoms with van der Waals surface area (Å²) in [5, 5.41) is 0. The molecule has 0 saturated carbocycles. The van der Waals surface area contributed by atoms with Crippen molar-refractivity contribution in [1.82, 2.24) is 4.90 Å². The molecule has 1 nitrogen and oxygen atoms in total. The van der Waals surface area contributed by atoms with Crippen LogP contribution in [0.5, 0.6) is 0 Å². The van der Waals surface area contributed by atoms with Gasteiger partial charge in [0.05, 0.1) is 5.56 Å². The first-order chi connectivity index (χ1) is 9.84. The maximum Gasteiger partial charge on any atom is 0.416 e. The van der Waals surface area contributed by atoms with Crippen molar-refractivity contribution in [2.75, 3.05) is 7.05 Å². The third-order valence-electron chi connectivity index (χ3n) is 4.61. The quantitative estimate of drug-likeness (QED) is 0.585. The maximum absolute atomic E-state index is 13.3. The van der Waals surface area contributed by atoms with E-state index in [1.807, 2.05) is 0 Å². The van der Waals surface area contributed by atoms with Gasteiger partial charge in [0.1, 0.15) is 5.82 Å². The van der Waals surface area contributed by atoms with Gasteiger partial charge < -0.3 is 0 Å². The molecule has 0 aromatic heterocycles. The molecular weight excluding hydrogens is 282 g/mol. The minimum Gasteiger partial charge on any atom is -0.297 e. The number of hydrogen-bond donors (Lipinski definition) is 0. The highest BCUT2D eigenvalue weighted by molar-refractivity contribution is 5.35. The Morgan fingerprint density at radius 3 is 2.67 bits per heavy atom. The van der Waals surface area contributed by atoms with E-state index in [2.05, 4.69) is 18.0 Å². The van der Waals surface area contributed by atoms with Gasteiger partial charge in [-0.3, -0.25) is 4.90 Å². The van der Waals surface area contributed by atoms with Gasteiger partial charge in [-0.15, -0.1) is 0 Å². The van der Waals surface area contributed by atoms with E-state index in [1.54, 1.807) is 0 Å². The number of hydrogen-bond acceptors (Lipinski definition) is 1. The Bertz CT molecular complexity index is 576. The first-order valence-corrected chi connectivity index (χ1v) is 7.11. The van der Waals surface area contributed by atoms with Gasteiger partial charge in [-0.05, 0) is 56.5 Å². The van der Waals surface area contributed by atoms with Gasteiger partial charge in [0.15, 0.2) is 0 Å². The summed E-state index contributed by atoms with van der Waals surface area (Å²) < 4.78 is 52.4. The zero-order chi connectivity index (χ0) is 15.2. The summed E-state index contributed by atoms with van der Waals surface area (Å²) >= 11 is 0. The van der Waals surface area contributed by atoms with Crippen molar-refractivity contribution >= 4 is 0 Å². The molecule has 1 aromatic carbocycles. The van der Waals surface area contributed by atoms with Crippen LogP contribution < -0.4 is 0 Å². The van der Waals surface area contributed by atoms with Crippen LogP contribution in [-0.4, -0.2) is 24.0 Å². The van der Waals surface area contributed by atoms with Crippen LogP contribution in [0.2, 0.25) is 0 Å². The predicted molar refractivity (Wildman–Crippen MR) is 72.4 cm³/mol. The highest BCUT2D eigenvalue weighted by atomic mass is 19.4. The Kier molecular flexibility index (Phi) is 3.56.